The van der Waals surface area contributed by atoms with Gasteiger partial charge in [0.1, 0.15) is 0 Å². The molecule has 1 aromatic heterocycles. The van der Waals surface area contributed by atoms with Gasteiger partial charge in [0.25, 0.3) is 0 Å². The van der Waals surface area contributed by atoms with Gasteiger partial charge in [-0.3, -0.25) is 0 Å². The maximum Gasteiger partial charge on any atom is 0.175 e. The lowest BCUT2D eigenvalue weighted by molar-refractivity contribution is 0.405. The van der Waals surface area contributed by atoms with Crippen LogP contribution in [0, 0.1) is 0 Å². The third-order valence-electron chi connectivity index (χ3n) is 2.51. The van der Waals surface area contributed by atoms with Crippen molar-refractivity contribution in [1.29, 1.82) is 0 Å². The van der Waals surface area contributed by atoms with Gasteiger partial charge in [-0.05, 0) is 31.6 Å². The van der Waals surface area contributed by atoms with Crippen molar-refractivity contribution < 1.29 is 9.15 Å². The summed E-state index contributed by atoms with van der Waals surface area (Å²) in [6.07, 6.45) is 2.63. The predicted octanol–water partition coefficient (Wildman–Crippen LogP) is 2.20. The van der Waals surface area contributed by atoms with E-state index in [1.54, 1.807) is 13.4 Å². The van der Waals surface area contributed by atoms with Crippen LogP contribution in [0.1, 0.15) is 5.56 Å². The van der Waals surface area contributed by atoms with Crippen LogP contribution in [0.5, 0.6) is 5.75 Å². The summed E-state index contributed by atoms with van der Waals surface area (Å²) in [6, 6.07) is 6.10. The van der Waals surface area contributed by atoms with Crippen molar-refractivity contribution in [1.82, 2.24) is 5.32 Å². The molecule has 0 aliphatic heterocycles. The molecule has 80 valence electrons. The second-order valence-corrected chi connectivity index (χ2v) is 3.45. The summed E-state index contributed by atoms with van der Waals surface area (Å²) in [5.41, 5.74) is 2.01. The van der Waals surface area contributed by atoms with E-state index in [2.05, 4.69) is 17.4 Å². The molecule has 0 aliphatic rings. The van der Waals surface area contributed by atoms with Crippen molar-refractivity contribution in [3.8, 4) is 5.75 Å². The number of ether oxygens (including phenoxy) is 1. The molecule has 0 atom stereocenters. The van der Waals surface area contributed by atoms with Crippen LogP contribution < -0.4 is 10.1 Å². The molecular formula is C12H15NO2. The van der Waals surface area contributed by atoms with Crippen LogP contribution in [-0.4, -0.2) is 20.7 Å². The predicted molar refractivity (Wildman–Crippen MR) is 60.4 cm³/mol. The number of nitrogens with one attached hydrogen (secondary N) is 1. The summed E-state index contributed by atoms with van der Waals surface area (Å²) in [4.78, 5) is 0. The Morgan fingerprint density at radius 3 is 2.93 bits per heavy atom. The quantitative estimate of drug-likeness (QED) is 0.831. The molecule has 0 spiro atoms. The molecule has 3 heteroatoms. The van der Waals surface area contributed by atoms with Crippen LogP contribution in [0.15, 0.2) is 28.9 Å². The zero-order valence-electron chi connectivity index (χ0n) is 9.04. The van der Waals surface area contributed by atoms with Gasteiger partial charge in [-0.15, -0.1) is 0 Å². The molecule has 0 radical (unpaired) electrons. The number of hydrogen-bond acceptors (Lipinski definition) is 3. The van der Waals surface area contributed by atoms with Crippen LogP contribution in [0.3, 0.4) is 0 Å². The Kier molecular flexibility index (Phi) is 2.92. The average molecular weight is 205 g/mol. The van der Waals surface area contributed by atoms with E-state index in [1.807, 2.05) is 13.1 Å². The fourth-order valence-corrected chi connectivity index (χ4v) is 1.73. The van der Waals surface area contributed by atoms with Crippen LogP contribution in [0.25, 0.3) is 11.0 Å². The number of likely N-dealkylation sites (N-methyl/N-ethyl adjacent to an activating group) is 1. The molecule has 1 heterocycles. The largest absolute Gasteiger partial charge is 0.493 e. The first-order valence-electron chi connectivity index (χ1n) is 5.04. The molecule has 0 saturated heterocycles. The highest BCUT2D eigenvalue weighted by Gasteiger charge is 2.09. The van der Waals surface area contributed by atoms with Gasteiger partial charge in [-0.1, -0.05) is 12.1 Å². The number of benzene rings is 1. The highest BCUT2D eigenvalue weighted by molar-refractivity contribution is 5.84. The smallest absolute Gasteiger partial charge is 0.175 e. The Bertz CT molecular complexity index is 448. The van der Waals surface area contributed by atoms with E-state index in [1.165, 1.54) is 5.56 Å². The Balaban J connectivity index is 2.44. The summed E-state index contributed by atoms with van der Waals surface area (Å²) in [7, 11) is 3.62. The fraction of sp³-hybridized carbons (Fsp3) is 0.333. The molecule has 1 N–H and O–H groups in total. The molecule has 0 bridgehead atoms. The van der Waals surface area contributed by atoms with Crippen LogP contribution in [0.2, 0.25) is 0 Å². The lowest BCUT2D eigenvalue weighted by Crippen LogP contribution is -2.10. The van der Waals surface area contributed by atoms with Crippen molar-refractivity contribution in [3.05, 3.63) is 30.0 Å². The molecular weight excluding hydrogens is 190 g/mol. The van der Waals surface area contributed by atoms with Gasteiger partial charge >= 0.3 is 0 Å². The number of furan rings is 1. The van der Waals surface area contributed by atoms with Gasteiger partial charge in [-0.2, -0.15) is 0 Å². The molecule has 2 aromatic rings. The first-order valence-corrected chi connectivity index (χ1v) is 5.04. The molecule has 3 nitrogen and oxygen atoms in total. The average Bonchev–Trinajstić information content (AvgIpc) is 2.73. The fourth-order valence-electron chi connectivity index (χ4n) is 1.73. The van der Waals surface area contributed by atoms with E-state index in [0.717, 1.165) is 29.7 Å². The lowest BCUT2D eigenvalue weighted by atomic mass is 10.1. The van der Waals surface area contributed by atoms with Crippen molar-refractivity contribution in [2.24, 2.45) is 0 Å². The van der Waals surface area contributed by atoms with Crippen LogP contribution >= 0.6 is 0 Å². The van der Waals surface area contributed by atoms with Crippen molar-refractivity contribution in [3.63, 3.8) is 0 Å². The van der Waals surface area contributed by atoms with E-state index >= 15 is 0 Å². The monoisotopic (exact) mass is 205 g/mol. The normalized spacial score (nSPS) is 10.8. The Hall–Kier alpha value is -1.48. The minimum Gasteiger partial charge on any atom is -0.493 e. The zero-order chi connectivity index (χ0) is 10.7. The van der Waals surface area contributed by atoms with Crippen molar-refractivity contribution in [2.45, 2.75) is 6.42 Å². The van der Waals surface area contributed by atoms with Gasteiger partial charge in [0.05, 0.1) is 13.4 Å². The van der Waals surface area contributed by atoms with Gasteiger partial charge in [0, 0.05) is 5.39 Å². The SMILES string of the molecule is CNCCc1ccc2ccoc2c1OC. The second-order valence-electron chi connectivity index (χ2n) is 3.45. The van der Waals surface area contributed by atoms with E-state index < -0.39 is 0 Å². The highest BCUT2D eigenvalue weighted by Crippen LogP contribution is 2.30. The highest BCUT2D eigenvalue weighted by atomic mass is 16.5. The number of fused-ring (bicyclic) bond motifs is 1. The second kappa shape index (κ2) is 4.36. The summed E-state index contributed by atoms with van der Waals surface area (Å²) in [5.74, 6) is 0.854. The first kappa shape index (κ1) is 10.1. The van der Waals surface area contributed by atoms with Gasteiger partial charge < -0.3 is 14.5 Å². The molecule has 0 fully saturated rings. The first-order chi connectivity index (χ1) is 7.36. The van der Waals surface area contributed by atoms with Gasteiger partial charge in [0.15, 0.2) is 11.3 Å². The molecule has 0 aliphatic carbocycles. The molecule has 0 unspecified atom stereocenters. The number of rotatable bonds is 4. The maximum absolute atomic E-state index is 5.42. The summed E-state index contributed by atoms with van der Waals surface area (Å²) in [6.45, 7) is 0.933. The maximum atomic E-state index is 5.42. The summed E-state index contributed by atoms with van der Waals surface area (Å²) >= 11 is 0. The third-order valence-corrected chi connectivity index (χ3v) is 2.51. The van der Waals surface area contributed by atoms with E-state index in [0.29, 0.717) is 0 Å². The van der Waals surface area contributed by atoms with Gasteiger partial charge in [0.2, 0.25) is 0 Å². The molecule has 1 aromatic carbocycles. The van der Waals surface area contributed by atoms with Gasteiger partial charge in [-0.25, -0.2) is 0 Å². The van der Waals surface area contributed by atoms with Crippen molar-refractivity contribution in [2.75, 3.05) is 20.7 Å². The minimum atomic E-state index is 0.839. The lowest BCUT2D eigenvalue weighted by Gasteiger charge is -2.08. The standard InChI is InChI=1S/C12H15NO2/c1-13-7-5-9-3-4-10-6-8-15-12(10)11(9)14-2/h3-4,6,8,13H,5,7H2,1-2H3. The molecule has 0 amide bonds. The summed E-state index contributed by atoms with van der Waals surface area (Å²) in [5, 5.41) is 4.21. The van der Waals surface area contributed by atoms with Crippen molar-refractivity contribution >= 4 is 11.0 Å². The summed E-state index contributed by atoms with van der Waals surface area (Å²) < 4.78 is 10.8. The number of hydrogen-bond donors (Lipinski definition) is 1. The topological polar surface area (TPSA) is 34.4 Å². The molecule has 2 rings (SSSR count). The third kappa shape index (κ3) is 1.83. The number of methoxy groups -OCH3 is 1. The Morgan fingerprint density at radius 2 is 2.20 bits per heavy atom. The Morgan fingerprint density at radius 1 is 1.33 bits per heavy atom. The molecule has 0 saturated carbocycles. The Labute approximate surface area is 89.0 Å². The van der Waals surface area contributed by atoms with Crippen LogP contribution in [0.4, 0.5) is 0 Å². The zero-order valence-corrected chi connectivity index (χ0v) is 9.04. The van der Waals surface area contributed by atoms with E-state index in [4.69, 9.17) is 9.15 Å². The van der Waals surface area contributed by atoms with E-state index in [9.17, 15) is 0 Å². The van der Waals surface area contributed by atoms with Crippen LogP contribution in [-0.2, 0) is 6.42 Å². The van der Waals surface area contributed by atoms with E-state index in [-0.39, 0.29) is 0 Å². The minimum absolute atomic E-state index is 0.839. The molecule has 15 heavy (non-hydrogen) atoms.